The van der Waals surface area contributed by atoms with Gasteiger partial charge in [-0.3, -0.25) is 19.2 Å². The van der Waals surface area contributed by atoms with Gasteiger partial charge in [0, 0.05) is 29.1 Å². The monoisotopic (exact) mass is 612 g/mol. The summed E-state index contributed by atoms with van der Waals surface area (Å²) in [5.74, 6) is -12.8. The summed E-state index contributed by atoms with van der Waals surface area (Å²) in [4.78, 5) is 52.3. The van der Waals surface area contributed by atoms with Crippen molar-refractivity contribution in [2.24, 2.45) is 0 Å². The number of amides is 2. The molecule has 1 aliphatic rings. The van der Waals surface area contributed by atoms with Gasteiger partial charge in [-0.1, -0.05) is 37.3 Å². The number of ketones is 1. The molecule has 0 radical (unpaired) electrons. The Morgan fingerprint density at radius 3 is 2.41 bits per heavy atom. The fraction of sp³-hybridized carbons (Fsp3) is 0.226. The first kappa shape index (κ1) is 30.3. The number of nitrogens with one attached hydrogen (secondary N) is 1. The minimum absolute atomic E-state index is 0.0458. The zero-order chi connectivity index (χ0) is 31.7. The highest BCUT2D eigenvalue weighted by Gasteiger charge is 2.37. The Kier molecular flexibility index (Phi) is 8.39. The van der Waals surface area contributed by atoms with Crippen LogP contribution in [0.4, 0.5) is 17.6 Å². The van der Waals surface area contributed by atoms with Crippen molar-refractivity contribution in [2.75, 3.05) is 6.61 Å². The minimum atomic E-state index is -1.89. The zero-order valence-electron chi connectivity index (χ0n) is 23.0. The van der Waals surface area contributed by atoms with Crippen LogP contribution in [0, 0.1) is 23.3 Å². The lowest BCUT2D eigenvalue weighted by Crippen LogP contribution is -2.52. The Balaban J connectivity index is 1.31. The SMILES string of the molecule is CC[C@@H](C(=O)N[C@@H](CC(=O)O)C(=O)COc1c(F)c(F)cc(F)c1F)N1Cc2ccc(-c3coc4ccccc34)cc2C1=O. The van der Waals surface area contributed by atoms with E-state index in [-0.39, 0.29) is 19.0 Å². The van der Waals surface area contributed by atoms with Gasteiger partial charge in [0.05, 0.1) is 12.7 Å². The molecule has 1 aromatic heterocycles. The summed E-state index contributed by atoms with van der Waals surface area (Å²) in [6.07, 6.45) is 0.736. The first-order valence-corrected chi connectivity index (χ1v) is 13.4. The molecule has 2 N–H and O–H groups in total. The highest BCUT2D eigenvalue weighted by atomic mass is 19.2. The van der Waals surface area contributed by atoms with Crippen molar-refractivity contribution in [3.05, 3.63) is 89.2 Å². The maximum atomic E-state index is 13.9. The summed E-state index contributed by atoms with van der Waals surface area (Å²) < 4.78 is 65.1. The molecule has 2 amide bonds. The van der Waals surface area contributed by atoms with Crippen molar-refractivity contribution < 1.29 is 51.0 Å². The average Bonchev–Trinajstić information content (AvgIpc) is 3.57. The van der Waals surface area contributed by atoms with E-state index in [1.54, 1.807) is 25.3 Å². The third kappa shape index (κ3) is 5.72. The summed E-state index contributed by atoms with van der Waals surface area (Å²) in [6.45, 7) is 0.465. The number of carbonyl (C=O) groups is 4. The van der Waals surface area contributed by atoms with Gasteiger partial charge < -0.3 is 24.5 Å². The van der Waals surface area contributed by atoms with Gasteiger partial charge in [-0.2, -0.15) is 8.78 Å². The van der Waals surface area contributed by atoms with Crippen molar-refractivity contribution in [1.82, 2.24) is 10.2 Å². The van der Waals surface area contributed by atoms with Crippen molar-refractivity contribution in [3.8, 4) is 16.9 Å². The molecule has 0 aliphatic carbocycles. The molecule has 2 heterocycles. The Morgan fingerprint density at radius 1 is 1.02 bits per heavy atom. The molecule has 0 unspecified atom stereocenters. The van der Waals surface area contributed by atoms with E-state index in [0.29, 0.717) is 16.7 Å². The molecule has 0 spiro atoms. The second-order valence-corrected chi connectivity index (χ2v) is 10.1. The van der Waals surface area contributed by atoms with Gasteiger partial charge in [-0.25, -0.2) is 8.78 Å². The maximum Gasteiger partial charge on any atom is 0.305 e. The summed E-state index contributed by atoms with van der Waals surface area (Å²) >= 11 is 0. The largest absolute Gasteiger partial charge is 0.481 e. The van der Waals surface area contributed by atoms with Gasteiger partial charge in [0.2, 0.25) is 17.5 Å². The van der Waals surface area contributed by atoms with Crippen LogP contribution in [0.3, 0.4) is 0 Å². The Bertz CT molecular complexity index is 1780. The smallest absolute Gasteiger partial charge is 0.305 e. The molecule has 3 aromatic carbocycles. The average molecular weight is 613 g/mol. The molecule has 5 rings (SSSR count). The van der Waals surface area contributed by atoms with E-state index in [2.05, 4.69) is 10.1 Å². The van der Waals surface area contributed by atoms with Crippen LogP contribution in [0.25, 0.3) is 22.1 Å². The number of hydrogen-bond acceptors (Lipinski definition) is 6. The third-order valence-electron chi connectivity index (χ3n) is 7.31. The predicted octanol–water partition coefficient (Wildman–Crippen LogP) is 5.00. The fourth-order valence-electron chi connectivity index (χ4n) is 5.10. The number of carbonyl (C=O) groups excluding carboxylic acids is 3. The number of furan rings is 1. The second-order valence-electron chi connectivity index (χ2n) is 10.1. The van der Waals surface area contributed by atoms with Crippen LogP contribution in [0.15, 0.2) is 59.2 Å². The number of hydrogen-bond donors (Lipinski definition) is 2. The van der Waals surface area contributed by atoms with E-state index in [1.165, 1.54) is 4.90 Å². The first-order valence-electron chi connectivity index (χ1n) is 13.4. The molecule has 0 fully saturated rings. The number of halogens is 4. The summed E-state index contributed by atoms with van der Waals surface area (Å²) in [7, 11) is 0. The first-order chi connectivity index (χ1) is 21.0. The lowest BCUT2D eigenvalue weighted by atomic mass is 10.00. The number of carboxylic acid groups (broad SMARTS) is 1. The number of aliphatic carboxylic acids is 1. The minimum Gasteiger partial charge on any atom is -0.481 e. The van der Waals surface area contributed by atoms with Gasteiger partial charge in [0.25, 0.3) is 5.91 Å². The van der Waals surface area contributed by atoms with Gasteiger partial charge in [-0.15, -0.1) is 0 Å². The second kappa shape index (κ2) is 12.2. The van der Waals surface area contributed by atoms with E-state index in [9.17, 15) is 41.8 Å². The molecule has 4 aromatic rings. The van der Waals surface area contributed by atoms with Gasteiger partial charge >= 0.3 is 5.97 Å². The molecule has 2 atom stereocenters. The van der Waals surface area contributed by atoms with Gasteiger partial charge in [0.15, 0.2) is 23.2 Å². The lowest BCUT2D eigenvalue weighted by Gasteiger charge is -2.27. The van der Waals surface area contributed by atoms with Crippen molar-refractivity contribution in [3.63, 3.8) is 0 Å². The number of Topliss-reactive ketones (excluding diaryl/α,β-unsaturated/α-hetero) is 1. The Labute approximate surface area is 247 Å². The number of ether oxygens (including phenoxy) is 1. The third-order valence-corrected chi connectivity index (χ3v) is 7.31. The Hall–Kier alpha value is -5.20. The van der Waals surface area contributed by atoms with E-state index in [1.807, 2.05) is 30.3 Å². The van der Waals surface area contributed by atoms with Crippen LogP contribution in [0.1, 0.15) is 35.7 Å². The maximum absolute atomic E-state index is 13.9. The molecular weight excluding hydrogens is 588 g/mol. The van der Waals surface area contributed by atoms with E-state index in [4.69, 9.17) is 4.42 Å². The molecule has 0 saturated carbocycles. The molecular formula is C31H24F4N2O7. The predicted molar refractivity (Wildman–Crippen MR) is 147 cm³/mol. The Morgan fingerprint density at radius 2 is 1.73 bits per heavy atom. The number of fused-ring (bicyclic) bond motifs is 2. The van der Waals surface area contributed by atoms with Crippen molar-refractivity contribution in [1.29, 1.82) is 0 Å². The molecule has 228 valence electrons. The van der Waals surface area contributed by atoms with Gasteiger partial charge in [-0.05, 0) is 29.7 Å². The van der Waals surface area contributed by atoms with Crippen molar-refractivity contribution in [2.45, 2.75) is 38.4 Å². The topological polar surface area (TPSA) is 126 Å². The molecule has 13 heteroatoms. The molecule has 0 saturated heterocycles. The molecule has 44 heavy (non-hydrogen) atoms. The zero-order valence-corrected chi connectivity index (χ0v) is 23.0. The molecule has 1 aliphatic heterocycles. The summed E-state index contributed by atoms with van der Waals surface area (Å²) in [5.41, 5.74) is 3.18. The fourth-order valence-corrected chi connectivity index (χ4v) is 5.10. The number of para-hydroxylation sites is 1. The van der Waals surface area contributed by atoms with Gasteiger partial charge in [0.1, 0.15) is 24.3 Å². The van der Waals surface area contributed by atoms with E-state index >= 15 is 0 Å². The molecule has 0 bridgehead atoms. The van der Waals surface area contributed by atoms with Crippen LogP contribution in [0.5, 0.6) is 5.75 Å². The quantitative estimate of drug-likeness (QED) is 0.180. The normalized spacial score (nSPS) is 13.9. The molecule has 9 nitrogen and oxygen atoms in total. The van der Waals surface area contributed by atoms with Crippen LogP contribution in [0.2, 0.25) is 0 Å². The number of benzene rings is 3. The van der Waals surface area contributed by atoms with E-state index in [0.717, 1.165) is 16.5 Å². The highest BCUT2D eigenvalue weighted by molar-refractivity contribution is 6.04. The lowest BCUT2D eigenvalue weighted by molar-refractivity contribution is -0.141. The van der Waals surface area contributed by atoms with Crippen LogP contribution in [-0.2, 0) is 20.9 Å². The van der Waals surface area contributed by atoms with Crippen LogP contribution < -0.4 is 10.1 Å². The van der Waals surface area contributed by atoms with E-state index < -0.39 is 77.7 Å². The van der Waals surface area contributed by atoms with Crippen LogP contribution in [-0.4, -0.2) is 52.3 Å². The van der Waals surface area contributed by atoms with Crippen molar-refractivity contribution >= 4 is 34.5 Å². The standard InChI is InChI=1S/C31H24F4N2O7/c1-2-23(30(41)36-22(11-26(39)40)24(38)14-44-29-27(34)20(32)10-21(33)28(29)35)37-12-16-8-7-15(9-18(16)31(37)42)19-13-43-25-6-4-3-5-17(19)25/h3-10,13,22-23H,2,11-12,14H2,1H3,(H,36,41)(H,39,40)/t22-,23-/m0/s1. The highest BCUT2D eigenvalue weighted by Crippen LogP contribution is 2.34. The number of carboxylic acids is 1. The van der Waals surface area contributed by atoms with Crippen LogP contribution >= 0.6 is 0 Å². The number of nitrogens with zero attached hydrogens (tertiary/aromatic N) is 1. The summed E-state index contributed by atoms with van der Waals surface area (Å²) in [6, 6.07) is 9.76. The number of rotatable bonds is 11. The summed E-state index contributed by atoms with van der Waals surface area (Å²) in [5, 5.41) is 12.4.